The fraction of sp³-hybridized carbons (Fsp3) is 0.273. The Kier molecular flexibility index (Phi) is 6.10. The molecule has 0 fully saturated rings. The summed E-state index contributed by atoms with van der Waals surface area (Å²) >= 11 is 6.81. The zero-order valence-corrected chi connectivity index (χ0v) is 13.6. The number of hydrogen-bond donors (Lipinski definition) is 3. The van der Waals surface area contributed by atoms with Crippen molar-refractivity contribution >= 4 is 49.5 Å². The number of carbonyl (C=O) groups excluding carboxylic acids is 1. The molecule has 0 heterocycles. The van der Waals surface area contributed by atoms with Crippen LogP contribution in [0.4, 0.5) is 10.5 Å². The topological polar surface area (TPSA) is 88.7 Å². The number of amides is 2. The van der Waals surface area contributed by atoms with Crippen molar-refractivity contribution < 1.29 is 9.63 Å². The average molecular weight is 394 g/mol. The smallest absolute Gasteiger partial charge is 0.326 e. The number of oxime groups is 1. The number of urea groups is 1. The monoisotopic (exact) mass is 392 g/mol. The minimum atomic E-state index is -0.510. The molecule has 0 saturated heterocycles. The average Bonchev–Trinajstić information content (AvgIpc) is 2.33. The molecule has 0 aliphatic heterocycles. The Labute approximate surface area is 128 Å². The first-order chi connectivity index (χ1) is 8.97. The molecule has 0 aromatic heterocycles. The highest BCUT2D eigenvalue weighted by molar-refractivity contribution is 9.11. The van der Waals surface area contributed by atoms with Crippen LogP contribution in [-0.2, 0) is 11.3 Å². The van der Waals surface area contributed by atoms with Gasteiger partial charge >= 0.3 is 6.03 Å². The summed E-state index contributed by atoms with van der Waals surface area (Å²) in [5, 5.41) is 8.36. The molecule has 0 spiro atoms. The molecule has 2 amide bonds. The third-order valence-electron chi connectivity index (χ3n) is 2.18. The maximum absolute atomic E-state index is 11.7. The van der Waals surface area contributed by atoms with Crippen LogP contribution in [-0.4, -0.2) is 19.1 Å². The summed E-state index contributed by atoms with van der Waals surface area (Å²) in [6, 6.07) is 3.36. The minimum absolute atomic E-state index is 0.127. The van der Waals surface area contributed by atoms with Crippen molar-refractivity contribution in [1.29, 1.82) is 0 Å². The van der Waals surface area contributed by atoms with Gasteiger partial charge in [-0.3, -0.25) is 5.32 Å². The van der Waals surface area contributed by atoms with E-state index >= 15 is 0 Å². The third-order valence-corrected chi connectivity index (χ3v) is 3.43. The van der Waals surface area contributed by atoms with E-state index < -0.39 is 6.03 Å². The van der Waals surface area contributed by atoms with E-state index in [2.05, 4.69) is 59.4 Å². The molecule has 104 valence electrons. The zero-order chi connectivity index (χ0) is 14.4. The zero-order valence-electron chi connectivity index (χ0n) is 10.5. The van der Waals surface area contributed by atoms with Gasteiger partial charge in [-0.05, 0) is 61.1 Å². The first-order valence-electron chi connectivity index (χ1n) is 5.40. The number of rotatable bonds is 3. The number of nitrogens with two attached hydrogens (primary N) is 1. The maximum Gasteiger partial charge on any atom is 0.326 e. The van der Waals surface area contributed by atoms with E-state index in [1.165, 1.54) is 7.11 Å². The highest BCUT2D eigenvalue weighted by atomic mass is 79.9. The molecule has 1 rings (SSSR count). The largest absolute Gasteiger partial charge is 0.396 e. The lowest BCUT2D eigenvalue weighted by molar-refractivity contribution is 0.211. The Morgan fingerprint density at radius 3 is 2.47 bits per heavy atom. The number of guanidine groups is 1. The summed E-state index contributed by atoms with van der Waals surface area (Å²) in [6.45, 7) is 2.05. The van der Waals surface area contributed by atoms with Gasteiger partial charge in [-0.15, -0.1) is 0 Å². The molecule has 19 heavy (non-hydrogen) atoms. The normalized spacial score (nSPS) is 11.1. The van der Waals surface area contributed by atoms with Crippen molar-refractivity contribution in [3.63, 3.8) is 0 Å². The van der Waals surface area contributed by atoms with Crippen LogP contribution in [0.25, 0.3) is 0 Å². The highest BCUT2D eigenvalue weighted by Crippen LogP contribution is 2.32. The molecular weight excluding hydrogens is 380 g/mol. The number of aryl methyl sites for hydroxylation is 1. The number of halogens is 2. The van der Waals surface area contributed by atoms with Gasteiger partial charge in [0.05, 0.1) is 5.69 Å². The first kappa shape index (κ1) is 15.8. The summed E-state index contributed by atoms with van der Waals surface area (Å²) in [7, 11) is 1.34. The molecule has 0 aliphatic rings. The minimum Gasteiger partial charge on any atom is -0.396 e. The lowest BCUT2D eigenvalue weighted by Crippen LogP contribution is -2.39. The van der Waals surface area contributed by atoms with Gasteiger partial charge in [-0.2, -0.15) is 0 Å². The molecule has 0 atom stereocenters. The molecule has 0 aliphatic carbocycles. The van der Waals surface area contributed by atoms with E-state index in [0.717, 1.165) is 20.9 Å². The Hall–Kier alpha value is -1.28. The van der Waals surface area contributed by atoms with E-state index in [4.69, 9.17) is 5.73 Å². The van der Waals surface area contributed by atoms with Crippen molar-refractivity contribution in [2.45, 2.75) is 13.3 Å². The predicted octanol–water partition coefficient (Wildman–Crippen LogP) is 2.77. The predicted molar refractivity (Wildman–Crippen MR) is 82.0 cm³/mol. The number of hydrogen-bond acceptors (Lipinski definition) is 3. The molecule has 0 bridgehead atoms. The summed E-state index contributed by atoms with van der Waals surface area (Å²) in [5.41, 5.74) is 7.14. The lowest BCUT2D eigenvalue weighted by atomic mass is 10.1. The quantitative estimate of drug-likeness (QED) is 0.419. The Morgan fingerprint density at radius 2 is 2.00 bits per heavy atom. The van der Waals surface area contributed by atoms with Gasteiger partial charge in [0.15, 0.2) is 0 Å². The molecule has 1 aromatic rings. The van der Waals surface area contributed by atoms with Crippen LogP contribution >= 0.6 is 31.9 Å². The second-order valence-corrected chi connectivity index (χ2v) is 5.23. The SMILES string of the molecule is CCc1cc(Br)c(NC(=O)NC(N)=NOC)c(Br)c1. The second-order valence-electron chi connectivity index (χ2n) is 3.53. The summed E-state index contributed by atoms with van der Waals surface area (Å²) in [5.74, 6) is -0.127. The van der Waals surface area contributed by atoms with Crippen LogP contribution in [0, 0.1) is 0 Å². The number of carbonyl (C=O) groups is 1. The van der Waals surface area contributed by atoms with Crippen molar-refractivity contribution in [3.05, 3.63) is 26.6 Å². The molecule has 4 N–H and O–H groups in total. The van der Waals surface area contributed by atoms with Gasteiger partial charge < -0.3 is 15.9 Å². The molecule has 0 unspecified atom stereocenters. The Balaban J connectivity index is 2.83. The summed E-state index contributed by atoms with van der Waals surface area (Å²) < 4.78 is 1.55. The van der Waals surface area contributed by atoms with Crippen LogP contribution in [0.5, 0.6) is 0 Å². The van der Waals surface area contributed by atoms with E-state index in [-0.39, 0.29) is 5.96 Å². The van der Waals surface area contributed by atoms with E-state index in [0.29, 0.717) is 5.69 Å². The van der Waals surface area contributed by atoms with E-state index in [9.17, 15) is 4.79 Å². The van der Waals surface area contributed by atoms with Gasteiger partial charge in [0, 0.05) is 8.95 Å². The number of nitrogens with zero attached hydrogens (tertiary/aromatic N) is 1. The first-order valence-corrected chi connectivity index (χ1v) is 6.99. The van der Waals surface area contributed by atoms with Crippen molar-refractivity contribution in [2.24, 2.45) is 10.9 Å². The number of benzene rings is 1. The maximum atomic E-state index is 11.7. The van der Waals surface area contributed by atoms with Gasteiger partial charge in [-0.25, -0.2) is 4.79 Å². The van der Waals surface area contributed by atoms with Crippen LogP contribution in [0.3, 0.4) is 0 Å². The van der Waals surface area contributed by atoms with Crippen LogP contribution in [0.15, 0.2) is 26.2 Å². The summed E-state index contributed by atoms with van der Waals surface area (Å²) in [4.78, 5) is 16.1. The molecule has 0 radical (unpaired) electrons. The Bertz CT molecular complexity index is 482. The van der Waals surface area contributed by atoms with Crippen molar-refractivity contribution in [1.82, 2.24) is 5.32 Å². The van der Waals surface area contributed by atoms with Gasteiger partial charge in [0.1, 0.15) is 7.11 Å². The third kappa shape index (κ3) is 4.71. The van der Waals surface area contributed by atoms with E-state index in [1.807, 2.05) is 12.1 Å². The molecule has 6 nitrogen and oxygen atoms in total. The molecule has 1 aromatic carbocycles. The molecule has 0 saturated carbocycles. The Morgan fingerprint density at radius 1 is 1.42 bits per heavy atom. The fourth-order valence-electron chi connectivity index (χ4n) is 1.33. The lowest BCUT2D eigenvalue weighted by Gasteiger charge is -2.11. The van der Waals surface area contributed by atoms with Crippen LogP contribution in [0.1, 0.15) is 12.5 Å². The van der Waals surface area contributed by atoms with Crippen molar-refractivity contribution in [3.8, 4) is 0 Å². The molecular formula is C11H14Br2N4O2. The second kappa shape index (κ2) is 7.34. The van der Waals surface area contributed by atoms with Gasteiger partial charge in [-0.1, -0.05) is 6.92 Å². The van der Waals surface area contributed by atoms with Crippen molar-refractivity contribution in [2.75, 3.05) is 12.4 Å². The highest BCUT2D eigenvalue weighted by Gasteiger charge is 2.11. The fourth-order valence-corrected chi connectivity index (χ4v) is 2.81. The standard InChI is InChI=1S/C11H14Br2N4O2/c1-3-6-4-7(12)9(8(13)5-6)15-11(18)16-10(14)17-19-2/h4-5H,3H2,1-2H3,(H4,14,15,16,17,18). The number of nitrogens with one attached hydrogen (secondary N) is 2. The molecule has 8 heteroatoms. The van der Waals surface area contributed by atoms with Crippen LogP contribution in [0.2, 0.25) is 0 Å². The number of anilines is 1. The van der Waals surface area contributed by atoms with Crippen LogP contribution < -0.4 is 16.4 Å². The van der Waals surface area contributed by atoms with Gasteiger partial charge in [0.2, 0.25) is 5.96 Å². The van der Waals surface area contributed by atoms with Gasteiger partial charge in [0.25, 0.3) is 0 Å². The van der Waals surface area contributed by atoms with E-state index in [1.54, 1.807) is 0 Å². The summed E-state index contributed by atoms with van der Waals surface area (Å²) in [6.07, 6.45) is 0.900.